The number of nitrogens with one attached hydrogen (secondary N) is 1. The summed E-state index contributed by atoms with van der Waals surface area (Å²) in [5, 5.41) is 24.0. The summed E-state index contributed by atoms with van der Waals surface area (Å²) in [5.41, 5.74) is 1.45. The molecule has 0 bridgehead atoms. The third-order valence-electron chi connectivity index (χ3n) is 4.06. The fourth-order valence-corrected chi connectivity index (χ4v) is 2.69. The molecular formula is C20H20N2O3. The van der Waals surface area contributed by atoms with E-state index >= 15 is 0 Å². The van der Waals surface area contributed by atoms with Gasteiger partial charge in [0.15, 0.2) is 0 Å². The van der Waals surface area contributed by atoms with E-state index in [1.165, 1.54) is 12.3 Å². The molecule has 0 saturated carbocycles. The van der Waals surface area contributed by atoms with E-state index in [0.29, 0.717) is 11.1 Å². The lowest BCUT2D eigenvalue weighted by Crippen LogP contribution is -2.15. The highest BCUT2D eigenvalue weighted by atomic mass is 16.3. The first kappa shape index (κ1) is 16.8. The molecule has 128 valence electrons. The normalized spacial score (nSPS) is 11.5. The van der Waals surface area contributed by atoms with Gasteiger partial charge in [-0.05, 0) is 23.6 Å². The minimum atomic E-state index is -0.449. The Balaban J connectivity index is 1.97. The number of phenols is 2. The lowest BCUT2D eigenvalue weighted by Gasteiger charge is -2.22. The Labute approximate surface area is 146 Å². The fourth-order valence-electron chi connectivity index (χ4n) is 2.69. The van der Waals surface area contributed by atoms with Crippen LogP contribution in [-0.2, 0) is 5.41 Å². The number of hydrogen-bond donors (Lipinski definition) is 3. The van der Waals surface area contributed by atoms with Crippen molar-refractivity contribution in [3.63, 3.8) is 0 Å². The number of nitrogens with zero attached hydrogens (tertiary/aromatic N) is 1. The Hall–Kier alpha value is -3.08. The molecule has 0 fully saturated rings. The van der Waals surface area contributed by atoms with E-state index in [9.17, 15) is 15.0 Å². The van der Waals surface area contributed by atoms with Crippen molar-refractivity contribution in [1.29, 1.82) is 0 Å². The van der Waals surface area contributed by atoms with Crippen LogP contribution < -0.4 is 5.32 Å². The van der Waals surface area contributed by atoms with Crippen LogP contribution in [0.15, 0.2) is 48.7 Å². The molecule has 3 aromatic rings. The van der Waals surface area contributed by atoms with Gasteiger partial charge < -0.3 is 15.5 Å². The zero-order valence-electron chi connectivity index (χ0n) is 14.4. The quantitative estimate of drug-likeness (QED) is 0.613. The molecule has 0 unspecified atom stereocenters. The van der Waals surface area contributed by atoms with Crippen molar-refractivity contribution in [2.24, 2.45) is 0 Å². The van der Waals surface area contributed by atoms with Gasteiger partial charge in [-0.3, -0.25) is 9.78 Å². The fraction of sp³-hybridized carbons (Fsp3) is 0.200. The van der Waals surface area contributed by atoms with E-state index in [4.69, 9.17) is 0 Å². The number of aromatic nitrogens is 1. The van der Waals surface area contributed by atoms with E-state index in [1.807, 2.05) is 45.0 Å². The molecule has 0 aliphatic carbocycles. The smallest absolute Gasteiger partial charge is 0.257 e. The minimum Gasteiger partial charge on any atom is -0.506 e. The lowest BCUT2D eigenvalue weighted by molar-refractivity contribution is 0.102. The van der Waals surface area contributed by atoms with Crippen LogP contribution in [0.1, 0.15) is 36.7 Å². The van der Waals surface area contributed by atoms with Gasteiger partial charge in [0, 0.05) is 17.1 Å². The van der Waals surface area contributed by atoms with Crippen molar-refractivity contribution in [3.8, 4) is 11.5 Å². The summed E-state index contributed by atoms with van der Waals surface area (Å²) in [5.74, 6) is -0.767. The first-order valence-electron chi connectivity index (χ1n) is 7.99. The van der Waals surface area contributed by atoms with Gasteiger partial charge in [-0.2, -0.15) is 0 Å². The lowest BCUT2D eigenvalue weighted by atomic mass is 9.86. The Morgan fingerprint density at radius 2 is 1.80 bits per heavy atom. The molecular weight excluding hydrogens is 316 g/mol. The predicted molar refractivity (Wildman–Crippen MR) is 98.2 cm³/mol. The van der Waals surface area contributed by atoms with Crippen LogP contribution in [0.25, 0.3) is 10.9 Å². The molecule has 0 spiro atoms. The van der Waals surface area contributed by atoms with Crippen molar-refractivity contribution in [2.45, 2.75) is 26.2 Å². The molecule has 1 aromatic heterocycles. The second-order valence-corrected chi connectivity index (χ2v) is 6.98. The van der Waals surface area contributed by atoms with Crippen LogP contribution in [0, 0.1) is 0 Å². The van der Waals surface area contributed by atoms with Crippen molar-refractivity contribution in [2.75, 3.05) is 5.32 Å². The molecule has 0 aliphatic rings. The molecule has 1 heterocycles. The summed E-state index contributed by atoms with van der Waals surface area (Å²) in [7, 11) is 0. The topological polar surface area (TPSA) is 82.5 Å². The van der Waals surface area contributed by atoms with Gasteiger partial charge in [-0.1, -0.05) is 45.0 Å². The number of fused-ring (bicyclic) bond motifs is 1. The zero-order chi connectivity index (χ0) is 18.2. The first-order valence-corrected chi connectivity index (χ1v) is 7.99. The summed E-state index contributed by atoms with van der Waals surface area (Å²) in [4.78, 5) is 16.8. The van der Waals surface area contributed by atoms with Gasteiger partial charge in [0.2, 0.25) is 0 Å². The molecule has 1 amide bonds. The Kier molecular flexibility index (Phi) is 4.08. The van der Waals surface area contributed by atoms with E-state index in [-0.39, 0.29) is 22.6 Å². The summed E-state index contributed by atoms with van der Waals surface area (Å²) in [6.45, 7) is 5.83. The number of carbonyl (C=O) groups excluding carboxylic acids is 1. The zero-order valence-corrected chi connectivity index (χ0v) is 14.4. The molecule has 0 atom stereocenters. The predicted octanol–water partition coefficient (Wildman–Crippen LogP) is 4.20. The summed E-state index contributed by atoms with van der Waals surface area (Å²) in [6.07, 6.45) is 1.47. The second-order valence-electron chi connectivity index (χ2n) is 6.98. The number of anilines is 1. The van der Waals surface area contributed by atoms with Gasteiger partial charge in [-0.25, -0.2) is 0 Å². The molecule has 0 radical (unpaired) electrons. The van der Waals surface area contributed by atoms with Crippen molar-refractivity contribution in [1.82, 2.24) is 4.98 Å². The highest BCUT2D eigenvalue weighted by Crippen LogP contribution is 2.41. The molecule has 25 heavy (non-hydrogen) atoms. The molecule has 5 heteroatoms. The van der Waals surface area contributed by atoms with Crippen LogP contribution in [0.4, 0.5) is 5.69 Å². The number of rotatable bonds is 2. The first-order chi connectivity index (χ1) is 11.8. The second kappa shape index (κ2) is 6.09. The van der Waals surface area contributed by atoms with Crippen LogP contribution in [0.2, 0.25) is 0 Å². The minimum absolute atomic E-state index is 0.00517. The molecule has 0 aliphatic heterocycles. The summed E-state index contributed by atoms with van der Waals surface area (Å²) >= 11 is 0. The van der Waals surface area contributed by atoms with Gasteiger partial charge in [0.1, 0.15) is 17.2 Å². The van der Waals surface area contributed by atoms with E-state index < -0.39 is 5.91 Å². The summed E-state index contributed by atoms with van der Waals surface area (Å²) in [6, 6.07) is 12.3. The Morgan fingerprint density at radius 3 is 2.52 bits per heavy atom. The third kappa shape index (κ3) is 3.26. The van der Waals surface area contributed by atoms with E-state index in [2.05, 4.69) is 10.3 Å². The van der Waals surface area contributed by atoms with E-state index in [1.54, 1.807) is 12.1 Å². The van der Waals surface area contributed by atoms with E-state index in [0.717, 1.165) is 10.9 Å². The van der Waals surface area contributed by atoms with Gasteiger partial charge in [0.05, 0.1) is 11.1 Å². The Bertz CT molecular complexity index is 959. The molecule has 2 aromatic carbocycles. The molecule has 0 saturated heterocycles. The third-order valence-corrected chi connectivity index (χ3v) is 4.06. The standard InChI is InChI=1S/C20H20N2O3/c1-20(2,3)14-8-9-16(23)17(18(14)24)22-19(25)13-10-12-6-4-5-7-15(12)21-11-13/h4-11,23-24H,1-3H3,(H,22,25). The highest BCUT2D eigenvalue weighted by Gasteiger charge is 2.23. The van der Waals surface area contributed by atoms with Crippen molar-refractivity contribution >= 4 is 22.5 Å². The average Bonchev–Trinajstić information content (AvgIpc) is 2.56. The van der Waals surface area contributed by atoms with Gasteiger partial charge >= 0.3 is 0 Å². The van der Waals surface area contributed by atoms with Gasteiger partial charge in [0.25, 0.3) is 5.91 Å². The number of para-hydroxylation sites is 1. The Morgan fingerprint density at radius 1 is 1.08 bits per heavy atom. The number of carbonyl (C=O) groups is 1. The molecule has 3 N–H and O–H groups in total. The maximum atomic E-state index is 12.5. The maximum absolute atomic E-state index is 12.5. The average molecular weight is 336 g/mol. The molecule has 5 nitrogen and oxygen atoms in total. The monoisotopic (exact) mass is 336 g/mol. The van der Waals surface area contributed by atoms with Gasteiger partial charge in [-0.15, -0.1) is 0 Å². The van der Waals surface area contributed by atoms with Crippen molar-refractivity contribution < 1.29 is 15.0 Å². The number of hydrogen-bond acceptors (Lipinski definition) is 4. The number of aromatic hydroxyl groups is 2. The molecule has 3 rings (SSSR count). The van der Waals surface area contributed by atoms with Crippen LogP contribution in [0.5, 0.6) is 11.5 Å². The maximum Gasteiger partial charge on any atom is 0.257 e. The van der Waals surface area contributed by atoms with Crippen LogP contribution >= 0.6 is 0 Å². The van der Waals surface area contributed by atoms with Crippen LogP contribution in [-0.4, -0.2) is 21.1 Å². The number of amides is 1. The van der Waals surface area contributed by atoms with Crippen LogP contribution in [0.3, 0.4) is 0 Å². The SMILES string of the molecule is CC(C)(C)c1ccc(O)c(NC(=O)c2cnc3ccccc3c2)c1O. The van der Waals surface area contributed by atoms with Crippen molar-refractivity contribution in [3.05, 3.63) is 59.8 Å². The number of benzene rings is 2. The number of pyridine rings is 1. The summed E-state index contributed by atoms with van der Waals surface area (Å²) < 4.78 is 0. The largest absolute Gasteiger partial charge is 0.506 e. The highest BCUT2D eigenvalue weighted by molar-refractivity contribution is 6.07. The number of phenolic OH excluding ortho intramolecular Hbond substituents is 2.